The van der Waals surface area contributed by atoms with Crippen molar-refractivity contribution >= 4 is 21.8 Å². The van der Waals surface area contributed by atoms with Gasteiger partial charge in [-0.3, -0.25) is 0 Å². The lowest BCUT2D eigenvalue weighted by atomic mass is 9.94. The highest BCUT2D eigenvalue weighted by atomic mass is 19.4. The fourth-order valence-corrected chi connectivity index (χ4v) is 8.46. The molecule has 0 amide bonds. The van der Waals surface area contributed by atoms with Gasteiger partial charge in [-0.25, -0.2) is 15.0 Å². The van der Waals surface area contributed by atoms with Gasteiger partial charge in [-0.1, -0.05) is 139 Å². The molecule has 2 heterocycles. The third-order valence-corrected chi connectivity index (χ3v) is 11.6. The van der Waals surface area contributed by atoms with Gasteiger partial charge in [0.05, 0.1) is 22.2 Å². The Morgan fingerprint density at radius 2 is 0.800 bits per heavy atom. The van der Waals surface area contributed by atoms with Crippen LogP contribution in [0.2, 0.25) is 0 Å². The maximum Gasteiger partial charge on any atom is 0.416 e. The standard InChI is InChI=1S/C55H36F6N4/c1-33-11-9-17-37(25-33)39-19-23-49-46(29-39)47-30-40(38-18-10-12-34(2)26-38)20-24-50(47)65(49)44-21-22-45(41-27-42(54(56,57)58)31-43(28-41)55(59,60)61)48(32-44)53-63-51(35-13-5-3-6-14-35)62-52(64-53)36-15-7-4-8-16-36/h3-32H,1-2H3. The second-order valence-corrected chi connectivity index (χ2v) is 16.1. The first-order valence-electron chi connectivity index (χ1n) is 20.8. The number of hydrogen-bond donors (Lipinski definition) is 0. The van der Waals surface area contributed by atoms with Crippen molar-refractivity contribution in [2.24, 2.45) is 0 Å². The smallest absolute Gasteiger partial charge is 0.309 e. The van der Waals surface area contributed by atoms with Gasteiger partial charge < -0.3 is 4.57 Å². The SMILES string of the molecule is Cc1cccc(-c2ccc3c(c2)c2cc(-c4cccc(C)c4)ccc2n3-c2ccc(-c3cc(C(F)(F)F)cc(C(F)(F)F)c3)c(-c3nc(-c4ccccc4)nc(-c4ccccc4)n3)c2)c1. The van der Waals surface area contributed by atoms with E-state index >= 15 is 0 Å². The molecular formula is C55H36F6N4. The Kier molecular flexibility index (Phi) is 10.2. The van der Waals surface area contributed by atoms with Crippen molar-refractivity contribution in [3.8, 4) is 73.2 Å². The van der Waals surface area contributed by atoms with E-state index in [4.69, 9.17) is 15.0 Å². The lowest BCUT2D eigenvalue weighted by molar-refractivity contribution is -0.143. The zero-order valence-electron chi connectivity index (χ0n) is 34.9. The van der Waals surface area contributed by atoms with Gasteiger partial charge in [0.25, 0.3) is 0 Å². The van der Waals surface area contributed by atoms with Crippen LogP contribution >= 0.6 is 0 Å². The van der Waals surface area contributed by atoms with Crippen molar-refractivity contribution < 1.29 is 26.3 Å². The van der Waals surface area contributed by atoms with Gasteiger partial charge in [0.15, 0.2) is 17.5 Å². The summed E-state index contributed by atoms with van der Waals surface area (Å²) in [5, 5.41) is 1.90. The number of fused-ring (bicyclic) bond motifs is 3. The molecule has 0 fully saturated rings. The number of aryl methyl sites for hydroxylation is 2. The van der Waals surface area contributed by atoms with Crippen molar-refractivity contribution in [2.45, 2.75) is 26.2 Å². The van der Waals surface area contributed by atoms with E-state index in [1.807, 2.05) is 111 Å². The quantitative estimate of drug-likeness (QED) is 0.150. The third kappa shape index (κ3) is 8.03. The lowest BCUT2D eigenvalue weighted by Gasteiger charge is -2.18. The Morgan fingerprint density at radius 3 is 1.26 bits per heavy atom. The first-order chi connectivity index (χ1) is 31.3. The molecule has 65 heavy (non-hydrogen) atoms. The van der Waals surface area contributed by atoms with Gasteiger partial charge in [-0.2, -0.15) is 26.3 Å². The fraction of sp³-hybridized carbons (Fsp3) is 0.0727. The molecule has 4 nitrogen and oxygen atoms in total. The number of alkyl halides is 6. The molecule has 10 heteroatoms. The van der Waals surface area contributed by atoms with Crippen LogP contribution in [-0.2, 0) is 12.4 Å². The second-order valence-electron chi connectivity index (χ2n) is 16.1. The minimum absolute atomic E-state index is 0.0600. The molecule has 0 radical (unpaired) electrons. The van der Waals surface area contributed by atoms with Crippen LogP contribution in [0.1, 0.15) is 22.3 Å². The van der Waals surface area contributed by atoms with Crippen LogP contribution in [0.15, 0.2) is 182 Å². The molecule has 2 aromatic heterocycles. The van der Waals surface area contributed by atoms with Crippen molar-refractivity contribution in [3.05, 3.63) is 204 Å². The van der Waals surface area contributed by atoms with E-state index in [1.54, 1.807) is 18.2 Å². The normalized spacial score (nSPS) is 12.0. The summed E-state index contributed by atoms with van der Waals surface area (Å²) in [7, 11) is 0. The van der Waals surface area contributed by atoms with E-state index in [2.05, 4.69) is 53.1 Å². The van der Waals surface area contributed by atoms with E-state index in [0.717, 1.165) is 67.3 Å². The minimum atomic E-state index is -5.07. The Balaban J connectivity index is 1.27. The van der Waals surface area contributed by atoms with Gasteiger partial charge in [0.1, 0.15) is 0 Å². The average Bonchev–Trinajstić information content (AvgIpc) is 3.64. The summed E-state index contributed by atoms with van der Waals surface area (Å²) in [6.45, 7) is 4.09. The predicted octanol–water partition coefficient (Wildman–Crippen LogP) is 15.6. The van der Waals surface area contributed by atoms with Gasteiger partial charge in [0.2, 0.25) is 0 Å². The molecule has 0 aliphatic carbocycles. The first-order valence-corrected chi connectivity index (χ1v) is 20.8. The molecule has 0 spiro atoms. The fourth-order valence-electron chi connectivity index (χ4n) is 8.46. The molecule has 0 saturated heterocycles. The largest absolute Gasteiger partial charge is 0.416 e. The van der Waals surface area contributed by atoms with Crippen LogP contribution in [0.4, 0.5) is 26.3 Å². The first kappa shape index (κ1) is 41.2. The number of rotatable bonds is 7. The Hall–Kier alpha value is -7.85. The van der Waals surface area contributed by atoms with Crippen LogP contribution in [0.5, 0.6) is 0 Å². The highest BCUT2D eigenvalue weighted by Gasteiger charge is 2.37. The number of halogens is 6. The summed E-state index contributed by atoms with van der Waals surface area (Å²) >= 11 is 0. The zero-order chi connectivity index (χ0) is 45.0. The van der Waals surface area contributed by atoms with Crippen molar-refractivity contribution in [3.63, 3.8) is 0 Å². The summed E-state index contributed by atoms with van der Waals surface area (Å²) < 4.78 is 88.5. The molecule has 0 unspecified atom stereocenters. The molecule has 0 bridgehead atoms. The van der Waals surface area contributed by atoms with E-state index in [-0.39, 0.29) is 40.2 Å². The van der Waals surface area contributed by atoms with Crippen molar-refractivity contribution in [1.82, 2.24) is 19.5 Å². The highest BCUT2D eigenvalue weighted by molar-refractivity contribution is 6.12. The number of aromatic nitrogens is 4. The summed E-state index contributed by atoms with van der Waals surface area (Å²) in [5.41, 5.74) is 6.99. The van der Waals surface area contributed by atoms with Crippen LogP contribution in [0.25, 0.3) is 95.0 Å². The van der Waals surface area contributed by atoms with Crippen LogP contribution in [-0.4, -0.2) is 19.5 Å². The molecule has 10 aromatic rings. The summed E-state index contributed by atoms with van der Waals surface area (Å²) in [6.07, 6.45) is -10.1. The number of benzene rings is 8. The van der Waals surface area contributed by atoms with E-state index in [1.165, 1.54) is 0 Å². The lowest BCUT2D eigenvalue weighted by Crippen LogP contribution is -2.11. The summed E-state index contributed by atoms with van der Waals surface area (Å²) in [4.78, 5) is 14.6. The molecule has 10 rings (SSSR count). The van der Waals surface area contributed by atoms with Gasteiger partial charge in [-0.15, -0.1) is 0 Å². The van der Waals surface area contributed by atoms with Crippen LogP contribution < -0.4 is 0 Å². The molecule has 8 aromatic carbocycles. The van der Waals surface area contributed by atoms with E-state index in [0.29, 0.717) is 16.8 Å². The zero-order valence-corrected chi connectivity index (χ0v) is 34.9. The van der Waals surface area contributed by atoms with E-state index in [9.17, 15) is 26.3 Å². The Labute approximate surface area is 370 Å². The maximum atomic E-state index is 14.4. The summed E-state index contributed by atoms with van der Waals surface area (Å²) in [5.74, 6) is 0.606. The Bertz CT molecular complexity index is 3240. The second kappa shape index (κ2) is 16.1. The number of nitrogens with zero attached hydrogens (tertiary/aromatic N) is 4. The average molecular weight is 867 g/mol. The predicted molar refractivity (Wildman–Crippen MR) is 246 cm³/mol. The highest BCUT2D eigenvalue weighted by Crippen LogP contribution is 2.43. The monoisotopic (exact) mass is 866 g/mol. The van der Waals surface area contributed by atoms with E-state index < -0.39 is 23.5 Å². The van der Waals surface area contributed by atoms with Gasteiger partial charge >= 0.3 is 12.4 Å². The maximum absolute atomic E-state index is 14.4. The third-order valence-electron chi connectivity index (χ3n) is 11.6. The van der Waals surface area contributed by atoms with Crippen LogP contribution in [0.3, 0.4) is 0 Å². The molecule has 0 atom stereocenters. The molecule has 0 N–H and O–H groups in total. The molecule has 318 valence electrons. The minimum Gasteiger partial charge on any atom is -0.309 e. The van der Waals surface area contributed by atoms with Crippen molar-refractivity contribution in [2.75, 3.05) is 0 Å². The molecule has 0 saturated carbocycles. The van der Waals surface area contributed by atoms with Gasteiger partial charge in [0, 0.05) is 33.2 Å². The van der Waals surface area contributed by atoms with Gasteiger partial charge in [-0.05, 0) is 102 Å². The number of hydrogen-bond acceptors (Lipinski definition) is 3. The topological polar surface area (TPSA) is 43.6 Å². The van der Waals surface area contributed by atoms with Crippen molar-refractivity contribution in [1.29, 1.82) is 0 Å². The molecular weight excluding hydrogens is 831 g/mol. The van der Waals surface area contributed by atoms with Crippen LogP contribution in [0, 0.1) is 13.8 Å². The molecule has 0 aliphatic rings. The molecule has 0 aliphatic heterocycles. The Morgan fingerprint density at radius 1 is 0.354 bits per heavy atom. The summed E-state index contributed by atoms with van der Waals surface area (Å²) in [6, 6.07) is 53.9.